The van der Waals surface area contributed by atoms with Gasteiger partial charge < -0.3 is 4.74 Å². The van der Waals surface area contributed by atoms with Crippen molar-refractivity contribution in [1.82, 2.24) is 4.98 Å². The highest BCUT2D eigenvalue weighted by molar-refractivity contribution is 6.76. The molecule has 0 aromatic carbocycles. The molecule has 1 aromatic rings. The van der Waals surface area contributed by atoms with Crippen molar-refractivity contribution >= 4 is 19.7 Å². The molecule has 1 rings (SSSR count). The monoisotopic (exact) mass is 215 g/mol. The summed E-state index contributed by atoms with van der Waals surface area (Å²) < 4.78 is 5.57. The zero-order chi connectivity index (χ0) is 9.90. The summed E-state index contributed by atoms with van der Waals surface area (Å²) >= 11 is 5.83. The molecule has 0 aliphatic carbocycles. The van der Waals surface area contributed by atoms with Crippen molar-refractivity contribution in [1.29, 1.82) is 0 Å². The number of halogens is 1. The molecular weight excluding hydrogens is 202 g/mol. The Bertz CT molecular complexity index is 285. The molecule has 0 radical (unpaired) electrons. The number of pyridine rings is 1. The Labute approximate surface area is 84.9 Å². The van der Waals surface area contributed by atoms with Crippen molar-refractivity contribution in [3.63, 3.8) is 0 Å². The quantitative estimate of drug-likeness (QED) is 0.571. The average Bonchev–Trinajstić information content (AvgIpc) is 2.01. The van der Waals surface area contributed by atoms with Gasteiger partial charge in [0.25, 0.3) is 0 Å². The zero-order valence-corrected chi connectivity index (χ0v) is 9.93. The van der Waals surface area contributed by atoms with Gasteiger partial charge in [0.15, 0.2) is 10.9 Å². The van der Waals surface area contributed by atoms with Gasteiger partial charge >= 0.3 is 0 Å². The largest absolute Gasteiger partial charge is 0.494 e. The molecule has 4 heteroatoms. The van der Waals surface area contributed by atoms with E-state index >= 15 is 0 Å². The molecule has 2 nitrogen and oxygen atoms in total. The smallest absolute Gasteiger partial charge is 0.171 e. The van der Waals surface area contributed by atoms with E-state index in [1.165, 1.54) is 0 Å². The molecule has 0 bridgehead atoms. The third kappa shape index (κ3) is 3.78. The molecule has 0 atom stereocenters. The van der Waals surface area contributed by atoms with Crippen LogP contribution in [-0.4, -0.2) is 19.3 Å². The van der Waals surface area contributed by atoms with Crippen LogP contribution in [0.5, 0.6) is 5.75 Å². The molecule has 0 aliphatic heterocycles. The molecule has 1 heterocycles. The number of ether oxygens (including phenoxy) is 1. The van der Waals surface area contributed by atoms with Crippen LogP contribution in [0.15, 0.2) is 18.3 Å². The minimum absolute atomic E-state index is 0.445. The number of hydrogen-bond acceptors (Lipinski definition) is 2. The zero-order valence-electron chi connectivity index (χ0n) is 8.17. The maximum Gasteiger partial charge on any atom is 0.171 e. The number of aromatic nitrogens is 1. The highest BCUT2D eigenvalue weighted by atomic mass is 35.5. The van der Waals surface area contributed by atoms with Crippen LogP contribution >= 0.6 is 11.6 Å². The van der Waals surface area contributed by atoms with Gasteiger partial charge in [-0.3, -0.25) is 0 Å². The molecule has 0 saturated heterocycles. The molecule has 0 saturated carbocycles. The highest BCUT2D eigenvalue weighted by Crippen LogP contribution is 2.21. The Morgan fingerprint density at radius 2 is 2.15 bits per heavy atom. The summed E-state index contributed by atoms with van der Waals surface area (Å²) in [7, 11) is -1.17. The van der Waals surface area contributed by atoms with Crippen LogP contribution < -0.4 is 4.74 Å². The van der Waals surface area contributed by atoms with Gasteiger partial charge in [0, 0.05) is 6.20 Å². The molecule has 0 unspecified atom stereocenters. The van der Waals surface area contributed by atoms with Crippen molar-refractivity contribution in [2.24, 2.45) is 0 Å². The maximum atomic E-state index is 5.83. The molecule has 0 amide bonds. The van der Waals surface area contributed by atoms with E-state index in [0.29, 0.717) is 10.9 Å². The predicted octanol–water partition coefficient (Wildman–Crippen LogP) is 2.99. The first-order valence-electron chi connectivity index (χ1n) is 4.22. The Hall–Kier alpha value is -0.543. The summed E-state index contributed by atoms with van der Waals surface area (Å²) in [5.74, 6) is 0.687. The summed E-state index contributed by atoms with van der Waals surface area (Å²) in [6, 6.07) is 3.67. The normalized spacial score (nSPS) is 11.4. The van der Waals surface area contributed by atoms with Gasteiger partial charge in [-0.25, -0.2) is 4.98 Å². The van der Waals surface area contributed by atoms with E-state index in [4.69, 9.17) is 16.3 Å². The lowest BCUT2D eigenvalue weighted by Crippen LogP contribution is -2.30. The number of rotatable bonds is 3. The lowest BCUT2D eigenvalue weighted by atomic mass is 10.5. The topological polar surface area (TPSA) is 22.1 Å². The van der Waals surface area contributed by atoms with Gasteiger partial charge in [-0.1, -0.05) is 31.2 Å². The van der Waals surface area contributed by atoms with E-state index in [-0.39, 0.29) is 0 Å². The van der Waals surface area contributed by atoms with Gasteiger partial charge in [0.05, 0.1) is 14.3 Å². The van der Waals surface area contributed by atoms with Crippen LogP contribution in [0.2, 0.25) is 24.8 Å². The first-order chi connectivity index (χ1) is 5.99. The second kappa shape index (κ2) is 4.11. The van der Waals surface area contributed by atoms with Gasteiger partial charge in [-0.05, 0) is 12.1 Å². The Kier molecular flexibility index (Phi) is 3.33. The SMILES string of the molecule is C[Si](C)(C)COc1cccnc1Cl. The summed E-state index contributed by atoms with van der Waals surface area (Å²) in [5.41, 5.74) is 0. The fourth-order valence-electron chi connectivity index (χ4n) is 0.773. The van der Waals surface area contributed by atoms with Crippen molar-refractivity contribution < 1.29 is 4.74 Å². The molecular formula is C9H14ClNOSi. The summed E-state index contributed by atoms with van der Waals surface area (Å²) in [6.45, 7) is 6.74. The predicted molar refractivity (Wildman–Crippen MR) is 58.1 cm³/mol. The summed E-state index contributed by atoms with van der Waals surface area (Å²) in [5, 5.41) is 0.445. The van der Waals surface area contributed by atoms with Crippen LogP contribution in [0, 0.1) is 0 Å². The molecule has 13 heavy (non-hydrogen) atoms. The lowest BCUT2D eigenvalue weighted by molar-refractivity contribution is 0.376. The van der Waals surface area contributed by atoms with Crippen LogP contribution in [0.4, 0.5) is 0 Å². The Balaban J connectivity index is 2.60. The van der Waals surface area contributed by atoms with Gasteiger partial charge in [0.1, 0.15) is 0 Å². The highest BCUT2D eigenvalue weighted by Gasteiger charge is 2.14. The first kappa shape index (κ1) is 10.5. The van der Waals surface area contributed by atoms with E-state index in [2.05, 4.69) is 24.6 Å². The van der Waals surface area contributed by atoms with Crippen molar-refractivity contribution in [3.05, 3.63) is 23.5 Å². The van der Waals surface area contributed by atoms with Crippen molar-refractivity contribution in [3.8, 4) is 5.75 Å². The summed E-state index contributed by atoms with van der Waals surface area (Å²) in [6.07, 6.45) is 2.43. The van der Waals surface area contributed by atoms with Gasteiger partial charge in [0.2, 0.25) is 0 Å². The second-order valence-corrected chi connectivity index (χ2v) is 9.91. The third-order valence-electron chi connectivity index (χ3n) is 1.39. The lowest BCUT2D eigenvalue weighted by Gasteiger charge is -2.16. The maximum absolute atomic E-state index is 5.83. The minimum atomic E-state index is -1.17. The fraction of sp³-hybridized carbons (Fsp3) is 0.444. The Morgan fingerprint density at radius 1 is 1.46 bits per heavy atom. The minimum Gasteiger partial charge on any atom is -0.494 e. The van der Waals surface area contributed by atoms with Crippen molar-refractivity contribution in [2.45, 2.75) is 19.6 Å². The van der Waals surface area contributed by atoms with Crippen LogP contribution in [0.25, 0.3) is 0 Å². The molecule has 0 fully saturated rings. The third-order valence-corrected chi connectivity index (χ3v) is 2.68. The van der Waals surface area contributed by atoms with Gasteiger partial charge in [-0.15, -0.1) is 0 Å². The molecule has 0 spiro atoms. The van der Waals surface area contributed by atoms with E-state index in [1.54, 1.807) is 6.20 Å². The van der Waals surface area contributed by atoms with E-state index in [0.717, 1.165) is 6.23 Å². The molecule has 72 valence electrons. The van der Waals surface area contributed by atoms with Crippen LogP contribution in [0.3, 0.4) is 0 Å². The van der Waals surface area contributed by atoms with E-state index in [1.807, 2.05) is 12.1 Å². The van der Waals surface area contributed by atoms with Crippen LogP contribution in [-0.2, 0) is 0 Å². The van der Waals surface area contributed by atoms with Crippen LogP contribution in [0.1, 0.15) is 0 Å². The average molecular weight is 216 g/mol. The number of hydrogen-bond donors (Lipinski definition) is 0. The molecule has 1 aromatic heterocycles. The second-order valence-electron chi connectivity index (χ2n) is 4.14. The standard InChI is InChI=1S/C9H14ClNOSi/c1-13(2,3)7-12-8-5-4-6-11-9(8)10/h4-6H,7H2,1-3H3. The van der Waals surface area contributed by atoms with Crippen molar-refractivity contribution in [2.75, 3.05) is 6.23 Å². The number of nitrogens with zero attached hydrogens (tertiary/aromatic N) is 1. The fourth-order valence-corrected chi connectivity index (χ4v) is 1.54. The van der Waals surface area contributed by atoms with Gasteiger partial charge in [-0.2, -0.15) is 0 Å². The molecule has 0 aliphatic rings. The van der Waals surface area contributed by atoms with E-state index in [9.17, 15) is 0 Å². The summed E-state index contributed by atoms with van der Waals surface area (Å²) in [4.78, 5) is 3.94. The first-order valence-corrected chi connectivity index (χ1v) is 8.31. The van der Waals surface area contributed by atoms with E-state index < -0.39 is 8.07 Å². The molecule has 0 N–H and O–H groups in total. The Morgan fingerprint density at radius 3 is 2.69 bits per heavy atom.